The molecule has 3 nitrogen and oxygen atoms in total. The fraction of sp³-hybridized carbons (Fsp3) is 1.00. The molecule has 116 valence electrons. The number of rotatable bonds is 13. The Bertz CT molecular complexity index is 193. The minimum Gasteiger partial charge on any atom is -0.394 e. The number of nitrogens with one attached hydrogen (secondary N) is 1. The molecule has 0 rings (SSSR count). The van der Waals surface area contributed by atoms with E-state index >= 15 is 0 Å². The van der Waals surface area contributed by atoms with Crippen LogP contribution < -0.4 is 5.32 Å². The van der Waals surface area contributed by atoms with Gasteiger partial charge in [0.2, 0.25) is 0 Å². The van der Waals surface area contributed by atoms with E-state index < -0.39 is 0 Å². The van der Waals surface area contributed by atoms with Crippen LogP contribution in [0.4, 0.5) is 0 Å². The SMILES string of the molecule is CCCCN(CC)CCCC(CC)(CO)NCCC. The van der Waals surface area contributed by atoms with Crippen LogP contribution in [0.1, 0.15) is 66.2 Å². The predicted octanol–water partition coefficient (Wildman–Crippen LogP) is 3.03. The van der Waals surface area contributed by atoms with Crippen LogP contribution >= 0.6 is 0 Å². The zero-order valence-corrected chi connectivity index (χ0v) is 13.7. The van der Waals surface area contributed by atoms with Gasteiger partial charge in [-0.05, 0) is 58.3 Å². The molecule has 0 saturated carbocycles. The van der Waals surface area contributed by atoms with Gasteiger partial charge in [0.25, 0.3) is 0 Å². The first-order valence-electron chi connectivity index (χ1n) is 8.26. The van der Waals surface area contributed by atoms with E-state index in [4.69, 9.17) is 0 Å². The summed E-state index contributed by atoms with van der Waals surface area (Å²) in [5.41, 5.74) is -0.0554. The standard InChI is InChI=1S/C16H36N2O/c1-5-9-13-18(8-4)14-10-11-16(7-3,15-19)17-12-6-2/h17,19H,5-15H2,1-4H3. The van der Waals surface area contributed by atoms with Gasteiger partial charge < -0.3 is 15.3 Å². The maximum absolute atomic E-state index is 9.69. The van der Waals surface area contributed by atoms with E-state index in [0.29, 0.717) is 0 Å². The molecule has 3 heteroatoms. The molecule has 0 bridgehead atoms. The van der Waals surface area contributed by atoms with Gasteiger partial charge in [-0.25, -0.2) is 0 Å². The lowest BCUT2D eigenvalue weighted by molar-refractivity contribution is 0.138. The van der Waals surface area contributed by atoms with Crippen molar-refractivity contribution in [3.8, 4) is 0 Å². The molecule has 0 aliphatic rings. The summed E-state index contributed by atoms with van der Waals surface area (Å²) < 4.78 is 0. The van der Waals surface area contributed by atoms with Crippen molar-refractivity contribution in [2.75, 3.05) is 32.8 Å². The number of aliphatic hydroxyl groups excluding tert-OH is 1. The van der Waals surface area contributed by atoms with Gasteiger partial charge in [-0.1, -0.05) is 34.1 Å². The molecule has 0 aromatic carbocycles. The highest BCUT2D eigenvalue weighted by Gasteiger charge is 2.25. The van der Waals surface area contributed by atoms with E-state index in [1.54, 1.807) is 0 Å². The highest BCUT2D eigenvalue weighted by atomic mass is 16.3. The lowest BCUT2D eigenvalue weighted by atomic mass is 9.91. The minimum absolute atomic E-state index is 0.0554. The van der Waals surface area contributed by atoms with E-state index in [-0.39, 0.29) is 12.1 Å². The van der Waals surface area contributed by atoms with Gasteiger partial charge in [0, 0.05) is 5.54 Å². The molecule has 0 aromatic heterocycles. The summed E-state index contributed by atoms with van der Waals surface area (Å²) in [5.74, 6) is 0. The predicted molar refractivity (Wildman–Crippen MR) is 84.7 cm³/mol. The molecular formula is C16H36N2O. The minimum atomic E-state index is -0.0554. The smallest absolute Gasteiger partial charge is 0.0613 e. The zero-order valence-electron chi connectivity index (χ0n) is 13.7. The van der Waals surface area contributed by atoms with Crippen LogP contribution in [-0.2, 0) is 0 Å². The van der Waals surface area contributed by atoms with Crippen LogP contribution in [-0.4, -0.2) is 48.3 Å². The molecule has 0 fully saturated rings. The van der Waals surface area contributed by atoms with Crippen molar-refractivity contribution < 1.29 is 5.11 Å². The summed E-state index contributed by atoms with van der Waals surface area (Å²) in [4.78, 5) is 2.53. The molecule has 0 aliphatic heterocycles. The molecule has 0 aliphatic carbocycles. The van der Waals surface area contributed by atoms with Crippen molar-refractivity contribution in [3.63, 3.8) is 0 Å². The Kier molecular flexibility index (Phi) is 11.6. The number of unbranched alkanes of at least 4 members (excludes halogenated alkanes) is 1. The van der Waals surface area contributed by atoms with Crippen LogP contribution in [0.3, 0.4) is 0 Å². The van der Waals surface area contributed by atoms with E-state index in [2.05, 4.69) is 37.9 Å². The van der Waals surface area contributed by atoms with Crippen molar-refractivity contribution in [3.05, 3.63) is 0 Å². The molecule has 1 atom stereocenters. The molecule has 2 N–H and O–H groups in total. The van der Waals surface area contributed by atoms with Crippen LogP contribution in [0, 0.1) is 0 Å². The summed E-state index contributed by atoms with van der Waals surface area (Å²) in [6.45, 7) is 13.6. The van der Waals surface area contributed by atoms with Crippen LogP contribution in [0.2, 0.25) is 0 Å². The maximum atomic E-state index is 9.69. The Morgan fingerprint density at radius 3 is 2.16 bits per heavy atom. The molecule has 0 amide bonds. The molecular weight excluding hydrogens is 236 g/mol. The topological polar surface area (TPSA) is 35.5 Å². The summed E-state index contributed by atoms with van der Waals surface area (Å²) in [6.07, 6.45) is 6.93. The van der Waals surface area contributed by atoms with Gasteiger partial charge in [-0.2, -0.15) is 0 Å². The van der Waals surface area contributed by atoms with Gasteiger partial charge >= 0.3 is 0 Å². The van der Waals surface area contributed by atoms with E-state index in [0.717, 1.165) is 38.9 Å². The van der Waals surface area contributed by atoms with Gasteiger partial charge in [0.1, 0.15) is 0 Å². The van der Waals surface area contributed by atoms with Crippen LogP contribution in [0.5, 0.6) is 0 Å². The molecule has 0 saturated heterocycles. The monoisotopic (exact) mass is 272 g/mol. The van der Waals surface area contributed by atoms with Crippen molar-refractivity contribution in [1.29, 1.82) is 0 Å². The van der Waals surface area contributed by atoms with E-state index in [1.807, 2.05) is 0 Å². The lowest BCUT2D eigenvalue weighted by Crippen LogP contribution is -2.48. The summed E-state index contributed by atoms with van der Waals surface area (Å²) in [5, 5.41) is 13.2. The first-order valence-corrected chi connectivity index (χ1v) is 8.26. The molecule has 0 radical (unpaired) electrons. The largest absolute Gasteiger partial charge is 0.394 e. The number of nitrogens with zero attached hydrogens (tertiary/aromatic N) is 1. The fourth-order valence-electron chi connectivity index (χ4n) is 2.48. The second-order valence-corrected chi connectivity index (χ2v) is 5.61. The molecule has 19 heavy (non-hydrogen) atoms. The number of hydrogen-bond donors (Lipinski definition) is 2. The highest BCUT2D eigenvalue weighted by Crippen LogP contribution is 2.17. The van der Waals surface area contributed by atoms with Crippen molar-refractivity contribution in [2.45, 2.75) is 71.8 Å². The van der Waals surface area contributed by atoms with Crippen LogP contribution in [0.15, 0.2) is 0 Å². The van der Waals surface area contributed by atoms with Gasteiger partial charge in [-0.3, -0.25) is 0 Å². The van der Waals surface area contributed by atoms with Crippen molar-refractivity contribution >= 4 is 0 Å². The second kappa shape index (κ2) is 11.7. The second-order valence-electron chi connectivity index (χ2n) is 5.61. The first kappa shape index (κ1) is 18.9. The third-order valence-corrected chi connectivity index (χ3v) is 4.13. The fourth-order valence-corrected chi connectivity index (χ4v) is 2.48. The molecule has 0 aromatic rings. The summed E-state index contributed by atoms with van der Waals surface area (Å²) in [7, 11) is 0. The normalized spacial score (nSPS) is 14.8. The number of hydrogen-bond acceptors (Lipinski definition) is 3. The summed E-state index contributed by atoms with van der Waals surface area (Å²) >= 11 is 0. The first-order chi connectivity index (χ1) is 9.17. The van der Waals surface area contributed by atoms with E-state index in [9.17, 15) is 5.11 Å². The highest BCUT2D eigenvalue weighted by molar-refractivity contribution is 4.86. The number of aliphatic hydroxyl groups is 1. The third kappa shape index (κ3) is 7.91. The Morgan fingerprint density at radius 1 is 1.00 bits per heavy atom. The van der Waals surface area contributed by atoms with Crippen LogP contribution in [0.25, 0.3) is 0 Å². The van der Waals surface area contributed by atoms with Gasteiger partial charge in [-0.15, -0.1) is 0 Å². The van der Waals surface area contributed by atoms with Crippen molar-refractivity contribution in [1.82, 2.24) is 10.2 Å². The molecule has 1 unspecified atom stereocenters. The van der Waals surface area contributed by atoms with Crippen molar-refractivity contribution in [2.24, 2.45) is 0 Å². The average molecular weight is 272 g/mol. The van der Waals surface area contributed by atoms with E-state index in [1.165, 1.54) is 25.8 Å². The molecule has 0 heterocycles. The Labute approximate surface area is 120 Å². The van der Waals surface area contributed by atoms with Gasteiger partial charge in [0.15, 0.2) is 0 Å². The zero-order chi connectivity index (χ0) is 14.6. The average Bonchev–Trinajstić information content (AvgIpc) is 2.46. The third-order valence-electron chi connectivity index (χ3n) is 4.13. The Morgan fingerprint density at radius 2 is 1.68 bits per heavy atom. The lowest BCUT2D eigenvalue weighted by Gasteiger charge is -2.33. The maximum Gasteiger partial charge on any atom is 0.0613 e. The Hall–Kier alpha value is -0.120. The molecule has 0 spiro atoms. The Balaban J connectivity index is 4.08. The summed E-state index contributed by atoms with van der Waals surface area (Å²) in [6, 6.07) is 0. The quantitative estimate of drug-likeness (QED) is 0.541. The van der Waals surface area contributed by atoms with Gasteiger partial charge in [0.05, 0.1) is 6.61 Å².